The minimum Gasteiger partial charge on any atom is -0.464 e. The molecule has 31 heavy (non-hydrogen) atoms. The smallest absolute Gasteiger partial charge is 0.324 e. The third-order valence-electron chi connectivity index (χ3n) is 5.65. The van der Waals surface area contributed by atoms with Gasteiger partial charge in [-0.05, 0) is 64.9 Å². The molecule has 1 aliphatic heterocycles. The number of cyclic esters (lactones) is 1. The van der Waals surface area contributed by atoms with Crippen molar-refractivity contribution in [2.75, 3.05) is 6.61 Å². The lowest BCUT2D eigenvalue weighted by atomic mass is 9.87. The molecule has 1 N–H and O–H groups in total. The molecular weight excluding hydrogens is 430 g/mol. The molecule has 5 nitrogen and oxygen atoms in total. The highest BCUT2D eigenvalue weighted by molar-refractivity contribution is 7.90. The summed E-state index contributed by atoms with van der Waals surface area (Å²) >= 11 is 1.68. The van der Waals surface area contributed by atoms with Gasteiger partial charge >= 0.3 is 5.97 Å². The normalized spacial score (nSPS) is 19.4. The highest BCUT2D eigenvalue weighted by Crippen LogP contribution is 2.31. The van der Waals surface area contributed by atoms with E-state index in [-0.39, 0.29) is 12.5 Å². The van der Waals surface area contributed by atoms with Crippen LogP contribution in [0.4, 0.5) is 0 Å². The number of rotatable bonds is 6. The van der Waals surface area contributed by atoms with Crippen molar-refractivity contribution in [1.29, 1.82) is 0 Å². The quantitative estimate of drug-likeness (QED) is 0.542. The Labute approximate surface area is 187 Å². The zero-order valence-corrected chi connectivity index (χ0v) is 19.1. The van der Waals surface area contributed by atoms with E-state index in [2.05, 4.69) is 45.8 Å². The van der Waals surface area contributed by atoms with Crippen LogP contribution >= 0.6 is 11.3 Å². The molecule has 0 spiro atoms. The van der Waals surface area contributed by atoms with E-state index in [0.29, 0.717) is 6.42 Å². The summed E-state index contributed by atoms with van der Waals surface area (Å²) in [5.41, 5.74) is 5.49. The molecule has 2 aromatic carbocycles. The minimum absolute atomic E-state index is 0.259. The standard InChI is InChI=1S/C24H25NO4S2/c1-16(2)31(27,28)25-23-22(11-13-29-24(23)26)20-9-7-18(8-10-20)17-3-5-19(6-4-17)21-12-14-30-15-21/h3-10,12,14-16,22-23,25H,11,13H2,1-2H3. The maximum absolute atomic E-state index is 12.4. The van der Waals surface area contributed by atoms with Crippen LogP contribution in [-0.4, -0.2) is 32.3 Å². The van der Waals surface area contributed by atoms with Crippen LogP contribution in [0, 0.1) is 0 Å². The number of ether oxygens (including phenoxy) is 1. The van der Waals surface area contributed by atoms with E-state index in [0.717, 1.165) is 16.7 Å². The number of carbonyl (C=O) groups excluding carboxylic acids is 1. The summed E-state index contributed by atoms with van der Waals surface area (Å²) < 4.78 is 32.4. The molecule has 3 aromatic rings. The van der Waals surface area contributed by atoms with Gasteiger partial charge < -0.3 is 4.74 Å². The summed E-state index contributed by atoms with van der Waals surface area (Å²) in [5.74, 6) is -0.779. The molecule has 2 unspecified atom stereocenters. The predicted octanol–water partition coefficient (Wildman–Crippen LogP) is 4.81. The SMILES string of the molecule is CC(C)S(=O)(=O)NC1C(=O)OCCC1c1ccc(-c2ccc(-c3ccsc3)cc2)cc1. The van der Waals surface area contributed by atoms with Gasteiger partial charge in [-0.1, -0.05) is 48.5 Å². The zero-order valence-electron chi connectivity index (χ0n) is 17.4. The van der Waals surface area contributed by atoms with Crippen LogP contribution in [-0.2, 0) is 19.6 Å². The second-order valence-corrected chi connectivity index (χ2v) is 11.0. The van der Waals surface area contributed by atoms with Crippen LogP contribution in [0.15, 0.2) is 65.4 Å². The maximum Gasteiger partial charge on any atom is 0.324 e. The third kappa shape index (κ3) is 4.74. The van der Waals surface area contributed by atoms with E-state index in [9.17, 15) is 13.2 Å². The Morgan fingerprint density at radius 3 is 2.06 bits per heavy atom. The Bertz CT molecular complexity index is 1140. The van der Waals surface area contributed by atoms with Crippen molar-refractivity contribution in [3.63, 3.8) is 0 Å². The third-order valence-corrected chi connectivity index (χ3v) is 8.16. The van der Waals surface area contributed by atoms with Gasteiger partial charge in [-0.25, -0.2) is 13.1 Å². The predicted molar refractivity (Wildman–Crippen MR) is 124 cm³/mol. The Balaban J connectivity index is 1.55. The first-order chi connectivity index (χ1) is 14.8. The highest BCUT2D eigenvalue weighted by Gasteiger charge is 2.38. The molecular formula is C24H25NO4S2. The fourth-order valence-electron chi connectivity index (χ4n) is 3.72. The van der Waals surface area contributed by atoms with E-state index >= 15 is 0 Å². The van der Waals surface area contributed by atoms with E-state index in [4.69, 9.17) is 4.74 Å². The fraction of sp³-hybridized carbons (Fsp3) is 0.292. The molecule has 1 aromatic heterocycles. The average Bonchev–Trinajstić information content (AvgIpc) is 3.30. The lowest BCUT2D eigenvalue weighted by Gasteiger charge is -2.31. The topological polar surface area (TPSA) is 72.5 Å². The average molecular weight is 456 g/mol. The first kappa shape index (κ1) is 21.7. The second kappa shape index (κ2) is 8.94. The minimum atomic E-state index is -3.60. The summed E-state index contributed by atoms with van der Waals surface area (Å²) in [4.78, 5) is 12.3. The molecule has 4 rings (SSSR count). The Hall–Kier alpha value is -2.48. The van der Waals surface area contributed by atoms with Gasteiger partial charge in [0.05, 0.1) is 11.9 Å². The molecule has 0 aliphatic carbocycles. The van der Waals surface area contributed by atoms with E-state index in [1.165, 1.54) is 11.1 Å². The van der Waals surface area contributed by atoms with Crippen LogP contribution in [0.3, 0.4) is 0 Å². The molecule has 2 heterocycles. The number of thiophene rings is 1. The fourth-order valence-corrected chi connectivity index (χ4v) is 5.27. The zero-order chi connectivity index (χ0) is 22.0. The van der Waals surface area contributed by atoms with Crippen molar-refractivity contribution >= 4 is 27.3 Å². The molecule has 2 atom stereocenters. The number of nitrogens with one attached hydrogen (secondary N) is 1. The highest BCUT2D eigenvalue weighted by atomic mass is 32.2. The van der Waals surface area contributed by atoms with Gasteiger partial charge in [0, 0.05) is 5.92 Å². The molecule has 1 aliphatic rings. The number of hydrogen-bond donors (Lipinski definition) is 1. The Morgan fingerprint density at radius 2 is 1.52 bits per heavy atom. The molecule has 0 saturated carbocycles. The van der Waals surface area contributed by atoms with Crippen LogP contribution in [0.1, 0.15) is 31.7 Å². The Morgan fingerprint density at radius 1 is 0.935 bits per heavy atom. The monoisotopic (exact) mass is 455 g/mol. The summed E-state index contributed by atoms with van der Waals surface area (Å²) in [6.07, 6.45) is 0.575. The summed E-state index contributed by atoms with van der Waals surface area (Å²) in [5, 5.41) is 3.57. The van der Waals surface area contributed by atoms with Crippen molar-refractivity contribution in [3.05, 3.63) is 70.9 Å². The first-order valence-corrected chi connectivity index (χ1v) is 12.7. The molecule has 1 fully saturated rings. The van der Waals surface area contributed by atoms with Crippen molar-refractivity contribution < 1.29 is 17.9 Å². The molecule has 0 radical (unpaired) electrons. The van der Waals surface area contributed by atoms with Crippen molar-refractivity contribution in [2.45, 2.75) is 37.5 Å². The second-order valence-electron chi connectivity index (χ2n) is 7.96. The van der Waals surface area contributed by atoms with Gasteiger partial charge in [-0.3, -0.25) is 4.79 Å². The van der Waals surface area contributed by atoms with Crippen LogP contribution < -0.4 is 4.72 Å². The molecule has 0 bridgehead atoms. The summed E-state index contributed by atoms with van der Waals surface area (Å²) in [7, 11) is -3.60. The largest absolute Gasteiger partial charge is 0.464 e. The van der Waals surface area contributed by atoms with Crippen molar-refractivity contribution in [3.8, 4) is 22.3 Å². The van der Waals surface area contributed by atoms with Gasteiger partial charge in [0.2, 0.25) is 10.0 Å². The molecule has 0 amide bonds. The van der Waals surface area contributed by atoms with Crippen LogP contribution in [0.5, 0.6) is 0 Å². The number of esters is 1. The molecule has 1 saturated heterocycles. The van der Waals surface area contributed by atoms with E-state index in [1.807, 2.05) is 24.3 Å². The summed E-state index contributed by atoms with van der Waals surface area (Å²) in [6.45, 7) is 3.46. The van der Waals surface area contributed by atoms with Crippen LogP contribution in [0.2, 0.25) is 0 Å². The Kier molecular flexibility index (Phi) is 6.27. The molecule has 162 valence electrons. The van der Waals surface area contributed by atoms with Crippen molar-refractivity contribution in [1.82, 2.24) is 4.72 Å². The lowest BCUT2D eigenvalue weighted by Crippen LogP contribution is -2.50. The number of carbonyl (C=O) groups is 1. The number of hydrogen-bond acceptors (Lipinski definition) is 5. The van der Waals surface area contributed by atoms with Crippen LogP contribution in [0.25, 0.3) is 22.3 Å². The molecule has 7 heteroatoms. The lowest BCUT2D eigenvalue weighted by molar-refractivity contribution is -0.150. The van der Waals surface area contributed by atoms with Gasteiger partial charge in [0.1, 0.15) is 6.04 Å². The maximum atomic E-state index is 12.4. The first-order valence-electron chi connectivity index (χ1n) is 10.3. The van der Waals surface area contributed by atoms with E-state index < -0.39 is 27.3 Å². The van der Waals surface area contributed by atoms with E-state index in [1.54, 1.807) is 25.2 Å². The number of sulfonamides is 1. The van der Waals surface area contributed by atoms with Gasteiger partial charge in [-0.2, -0.15) is 11.3 Å². The summed E-state index contributed by atoms with van der Waals surface area (Å²) in [6, 6.07) is 17.6. The van der Waals surface area contributed by atoms with Crippen molar-refractivity contribution in [2.24, 2.45) is 0 Å². The number of benzene rings is 2. The van der Waals surface area contributed by atoms with Gasteiger partial charge in [0.15, 0.2) is 0 Å². The van der Waals surface area contributed by atoms with Gasteiger partial charge in [0.25, 0.3) is 0 Å². The van der Waals surface area contributed by atoms with Gasteiger partial charge in [-0.15, -0.1) is 0 Å².